The number of hydrogen-bond donors (Lipinski definition) is 0. The summed E-state index contributed by atoms with van der Waals surface area (Å²) in [5, 5.41) is 1.20. The molecule has 0 spiro atoms. The molecule has 6 heteroatoms. The first-order valence-corrected chi connectivity index (χ1v) is 11.9. The Morgan fingerprint density at radius 1 is 0.939 bits per heavy atom. The van der Waals surface area contributed by atoms with Crippen molar-refractivity contribution in [3.63, 3.8) is 0 Å². The fourth-order valence-electron chi connectivity index (χ4n) is 4.82. The van der Waals surface area contributed by atoms with Gasteiger partial charge in [0, 0.05) is 73.9 Å². The van der Waals surface area contributed by atoms with E-state index in [1.807, 2.05) is 36.8 Å². The normalized spacial score (nSPS) is 16.3. The van der Waals surface area contributed by atoms with Crippen molar-refractivity contribution < 1.29 is 4.42 Å². The van der Waals surface area contributed by atoms with Crippen LogP contribution in [-0.4, -0.2) is 64.0 Å². The molecule has 1 unspecified atom stereocenters. The van der Waals surface area contributed by atoms with Crippen molar-refractivity contribution in [3.8, 4) is 11.3 Å². The van der Waals surface area contributed by atoms with Gasteiger partial charge in [0.15, 0.2) is 0 Å². The molecule has 170 valence electrons. The second kappa shape index (κ2) is 10.2. The lowest BCUT2D eigenvalue weighted by Crippen LogP contribution is -2.47. The smallest absolute Gasteiger partial charge is 0.141 e. The first-order chi connectivity index (χ1) is 16.3. The highest BCUT2D eigenvalue weighted by molar-refractivity contribution is 5.87. The lowest BCUT2D eigenvalue weighted by molar-refractivity contribution is 0.127. The van der Waals surface area contributed by atoms with Gasteiger partial charge in [-0.05, 0) is 37.6 Å². The number of rotatable bonds is 8. The van der Waals surface area contributed by atoms with Crippen LogP contribution in [-0.2, 0) is 6.42 Å². The Hall–Kier alpha value is -3.09. The van der Waals surface area contributed by atoms with Crippen LogP contribution in [0.4, 0.5) is 0 Å². The van der Waals surface area contributed by atoms with Crippen LogP contribution in [0.3, 0.4) is 0 Å². The monoisotopic (exact) mass is 441 g/mol. The first kappa shape index (κ1) is 21.7. The molecular weight excluding hydrogens is 410 g/mol. The van der Waals surface area contributed by atoms with Gasteiger partial charge in [-0.25, -0.2) is 9.97 Å². The quantitative estimate of drug-likeness (QED) is 0.397. The topological polar surface area (TPSA) is 58.3 Å². The zero-order chi connectivity index (χ0) is 22.5. The maximum Gasteiger partial charge on any atom is 0.141 e. The summed E-state index contributed by atoms with van der Waals surface area (Å²) in [4.78, 5) is 18.1. The van der Waals surface area contributed by atoms with E-state index >= 15 is 0 Å². The molecule has 0 radical (unpaired) electrons. The lowest BCUT2D eigenvalue weighted by Gasteiger charge is -2.35. The summed E-state index contributed by atoms with van der Waals surface area (Å²) >= 11 is 0. The van der Waals surface area contributed by atoms with E-state index in [9.17, 15) is 0 Å². The highest BCUT2D eigenvalue weighted by Gasteiger charge is 2.20. The molecule has 1 aliphatic heterocycles. The zero-order valence-electron chi connectivity index (χ0n) is 19.2. The van der Waals surface area contributed by atoms with Gasteiger partial charge in [-0.2, -0.15) is 0 Å². The Morgan fingerprint density at radius 3 is 2.48 bits per heavy atom. The molecule has 6 nitrogen and oxygen atoms in total. The predicted molar refractivity (Wildman–Crippen MR) is 131 cm³/mol. The van der Waals surface area contributed by atoms with Crippen molar-refractivity contribution >= 4 is 11.0 Å². The third kappa shape index (κ3) is 5.13. The van der Waals surface area contributed by atoms with Gasteiger partial charge in [-0.1, -0.05) is 31.2 Å². The van der Waals surface area contributed by atoms with Crippen LogP contribution in [0.15, 0.2) is 71.8 Å². The summed E-state index contributed by atoms with van der Waals surface area (Å²) in [6.45, 7) is 8.96. The number of para-hydroxylation sites is 1. The number of fused-ring (bicyclic) bond motifs is 1. The third-order valence-electron chi connectivity index (χ3n) is 6.61. The molecule has 1 saturated heterocycles. The zero-order valence-corrected chi connectivity index (χ0v) is 19.2. The van der Waals surface area contributed by atoms with Crippen LogP contribution < -0.4 is 0 Å². The Morgan fingerprint density at radius 2 is 1.70 bits per heavy atom. The third-order valence-corrected chi connectivity index (χ3v) is 6.61. The second-order valence-electron chi connectivity index (χ2n) is 8.93. The van der Waals surface area contributed by atoms with Crippen LogP contribution in [0.5, 0.6) is 0 Å². The van der Waals surface area contributed by atoms with Gasteiger partial charge < -0.3 is 14.2 Å². The Balaban J connectivity index is 1.16. The molecule has 0 bridgehead atoms. The molecule has 0 N–H and O–H groups in total. The van der Waals surface area contributed by atoms with E-state index in [1.54, 1.807) is 6.33 Å². The van der Waals surface area contributed by atoms with E-state index in [4.69, 9.17) is 4.42 Å². The molecule has 5 rings (SSSR count). The molecule has 0 aliphatic carbocycles. The number of pyridine rings is 1. The minimum atomic E-state index is 0.465. The van der Waals surface area contributed by atoms with Gasteiger partial charge in [-0.3, -0.25) is 4.98 Å². The maximum absolute atomic E-state index is 6.21. The summed E-state index contributed by atoms with van der Waals surface area (Å²) in [5.74, 6) is 1.37. The lowest BCUT2D eigenvalue weighted by atomic mass is 10.0. The maximum atomic E-state index is 6.21. The van der Waals surface area contributed by atoms with Crippen molar-refractivity contribution in [2.24, 2.45) is 0 Å². The second-order valence-corrected chi connectivity index (χ2v) is 8.93. The number of piperazine rings is 1. The van der Waals surface area contributed by atoms with E-state index in [0.717, 1.165) is 69.0 Å². The van der Waals surface area contributed by atoms with Crippen LogP contribution in [0.25, 0.3) is 22.3 Å². The predicted octanol–water partition coefficient (Wildman–Crippen LogP) is 4.64. The standard InChI is InChI=1S/C27H31N5O/c1-21(25-9-4-5-11-30-25)19-32-15-13-31(14-16-32)12-6-8-24-23-7-2-3-10-26(23)33-27(24)22-17-28-20-29-18-22/h2-5,7,9-11,17-18,20-21H,6,8,12-16,19H2,1H3. The van der Waals surface area contributed by atoms with E-state index in [2.05, 4.69) is 55.9 Å². The molecule has 0 amide bonds. The Bertz CT molecular complexity index is 1150. The molecular formula is C27H31N5O. The summed E-state index contributed by atoms with van der Waals surface area (Å²) in [7, 11) is 0. The van der Waals surface area contributed by atoms with Crippen molar-refractivity contribution in [1.29, 1.82) is 0 Å². The number of hydrogen-bond acceptors (Lipinski definition) is 6. The minimum absolute atomic E-state index is 0.465. The number of aromatic nitrogens is 3. The van der Waals surface area contributed by atoms with Crippen molar-refractivity contribution in [1.82, 2.24) is 24.8 Å². The summed E-state index contributed by atoms with van der Waals surface area (Å²) < 4.78 is 6.21. The van der Waals surface area contributed by atoms with Crippen LogP contribution in [0, 0.1) is 0 Å². The van der Waals surface area contributed by atoms with Gasteiger partial charge in [-0.15, -0.1) is 0 Å². The highest BCUT2D eigenvalue weighted by atomic mass is 16.3. The van der Waals surface area contributed by atoms with Crippen LogP contribution in [0.1, 0.15) is 30.5 Å². The Kier molecular flexibility index (Phi) is 6.74. The van der Waals surface area contributed by atoms with E-state index in [-0.39, 0.29) is 0 Å². The SMILES string of the molecule is CC(CN1CCN(CCCc2c(-c3cncnc3)oc3ccccc23)CC1)c1ccccn1. The fourth-order valence-corrected chi connectivity index (χ4v) is 4.82. The molecule has 4 aromatic rings. The molecule has 1 fully saturated rings. The van der Waals surface area contributed by atoms with Crippen LogP contribution in [0.2, 0.25) is 0 Å². The molecule has 3 aromatic heterocycles. The molecule has 1 atom stereocenters. The fraction of sp³-hybridized carbons (Fsp3) is 0.370. The van der Waals surface area contributed by atoms with Crippen molar-refractivity contribution in [2.45, 2.75) is 25.7 Å². The average Bonchev–Trinajstić information content (AvgIpc) is 3.25. The van der Waals surface area contributed by atoms with Crippen molar-refractivity contribution in [2.75, 3.05) is 39.3 Å². The largest absolute Gasteiger partial charge is 0.456 e. The summed E-state index contributed by atoms with van der Waals surface area (Å²) in [5.41, 5.74) is 4.33. The molecule has 1 aromatic carbocycles. The number of furan rings is 1. The summed E-state index contributed by atoms with van der Waals surface area (Å²) in [6, 6.07) is 14.5. The van der Waals surface area contributed by atoms with E-state index in [0.29, 0.717) is 5.92 Å². The van der Waals surface area contributed by atoms with Gasteiger partial charge >= 0.3 is 0 Å². The van der Waals surface area contributed by atoms with Crippen LogP contribution >= 0.6 is 0 Å². The number of aryl methyl sites for hydroxylation is 1. The van der Waals surface area contributed by atoms with Crippen molar-refractivity contribution in [3.05, 3.63) is 78.6 Å². The molecule has 33 heavy (non-hydrogen) atoms. The van der Waals surface area contributed by atoms with E-state index in [1.165, 1.54) is 16.6 Å². The number of benzene rings is 1. The molecule has 0 saturated carbocycles. The van der Waals surface area contributed by atoms with Gasteiger partial charge in [0.2, 0.25) is 0 Å². The highest BCUT2D eigenvalue weighted by Crippen LogP contribution is 2.33. The Labute approximate surface area is 195 Å². The van der Waals surface area contributed by atoms with Gasteiger partial charge in [0.25, 0.3) is 0 Å². The molecule has 1 aliphatic rings. The number of nitrogens with zero attached hydrogens (tertiary/aromatic N) is 5. The average molecular weight is 442 g/mol. The molecule has 4 heterocycles. The van der Waals surface area contributed by atoms with Gasteiger partial charge in [0.1, 0.15) is 17.7 Å². The van der Waals surface area contributed by atoms with Gasteiger partial charge in [0.05, 0.1) is 5.56 Å². The first-order valence-electron chi connectivity index (χ1n) is 11.9. The minimum Gasteiger partial charge on any atom is -0.456 e. The van der Waals surface area contributed by atoms with E-state index < -0.39 is 0 Å². The summed E-state index contributed by atoms with van der Waals surface area (Å²) in [6.07, 6.45) is 9.21.